The fraction of sp³-hybridized carbons (Fsp3) is 0.333. The van der Waals surface area contributed by atoms with E-state index in [-0.39, 0.29) is 24.1 Å². The van der Waals surface area contributed by atoms with Gasteiger partial charge in [-0.2, -0.15) is 0 Å². The van der Waals surface area contributed by atoms with Crippen LogP contribution in [0.5, 0.6) is 0 Å². The Hall–Kier alpha value is -2.02. The molecule has 0 radical (unpaired) electrons. The summed E-state index contributed by atoms with van der Waals surface area (Å²) in [7, 11) is 3.93. The number of anilines is 1. The van der Waals surface area contributed by atoms with Crippen LogP contribution >= 0.6 is 23.7 Å². The maximum Gasteiger partial charge on any atom is 0.233 e. The second-order valence-electron chi connectivity index (χ2n) is 7.04. The molecule has 0 bridgehead atoms. The molecule has 0 aliphatic heterocycles. The summed E-state index contributed by atoms with van der Waals surface area (Å²) in [5, 5.41) is 0.548. The van der Waals surface area contributed by atoms with Gasteiger partial charge in [-0.3, -0.25) is 9.69 Å². The largest absolute Gasteiger partial charge is 0.308 e. The van der Waals surface area contributed by atoms with Crippen LogP contribution in [-0.2, 0) is 11.2 Å². The second-order valence-corrected chi connectivity index (χ2v) is 8.05. The van der Waals surface area contributed by atoms with Gasteiger partial charge in [0.25, 0.3) is 0 Å². The Kier molecular flexibility index (Phi) is 7.52. The van der Waals surface area contributed by atoms with E-state index >= 15 is 0 Å². The maximum absolute atomic E-state index is 14.1. The molecule has 0 spiro atoms. The number of hydrogen-bond acceptors (Lipinski definition) is 4. The summed E-state index contributed by atoms with van der Waals surface area (Å²) in [4.78, 5) is 21.3. The first-order chi connectivity index (χ1) is 12.8. The van der Waals surface area contributed by atoms with Gasteiger partial charge in [0.05, 0.1) is 11.1 Å². The first-order valence-electron chi connectivity index (χ1n) is 8.91. The standard InChI is InChI=1S/C21H24FN3OS.ClH/c1-14-8-9-15(2)16(12-14)13-19(26)25(11-10-24(3)4)21-23-20-17(22)6-5-7-18(20)27-21;/h5-9,12H,10-11,13H2,1-4H3;1H. The molecule has 28 heavy (non-hydrogen) atoms. The van der Waals surface area contributed by atoms with Crippen LogP contribution in [0.1, 0.15) is 16.7 Å². The Morgan fingerprint density at radius 3 is 2.57 bits per heavy atom. The number of carbonyl (C=O) groups excluding carboxylic acids is 1. The zero-order chi connectivity index (χ0) is 19.6. The summed E-state index contributed by atoms with van der Waals surface area (Å²) in [5.74, 6) is -0.380. The van der Waals surface area contributed by atoms with Crippen LogP contribution in [0, 0.1) is 19.7 Å². The molecule has 0 aliphatic carbocycles. The normalized spacial score (nSPS) is 10.9. The fourth-order valence-electron chi connectivity index (χ4n) is 2.89. The van der Waals surface area contributed by atoms with E-state index in [9.17, 15) is 9.18 Å². The fourth-order valence-corrected chi connectivity index (χ4v) is 3.92. The monoisotopic (exact) mass is 421 g/mol. The number of thiazole rings is 1. The molecule has 0 aliphatic rings. The van der Waals surface area contributed by atoms with Crippen molar-refractivity contribution in [3.05, 3.63) is 58.9 Å². The van der Waals surface area contributed by atoms with Crippen molar-refractivity contribution in [2.45, 2.75) is 20.3 Å². The molecule has 4 nitrogen and oxygen atoms in total. The number of hydrogen-bond donors (Lipinski definition) is 0. The molecule has 1 heterocycles. The lowest BCUT2D eigenvalue weighted by Gasteiger charge is -2.22. The summed E-state index contributed by atoms with van der Waals surface area (Å²) < 4.78 is 14.8. The minimum Gasteiger partial charge on any atom is -0.308 e. The van der Waals surface area contributed by atoms with Crippen molar-refractivity contribution in [3.63, 3.8) is 0 Å². The number of fused-ring (bicyclic) bond motifs is 1. The molecule has 2 aromatic carbocycles. The molecule has 3 aromatic rings. The highest BCUT2D eigenvalue weighted by atomic mass is 35.5. The number of benzene rings is 2. The van der Waals surface area contributed by atoms with Crippen molar-refractivity contribution in [3.8, 4) is 0 Å². The van der Waals surface area contributed by atoms with E-state index in [4.69, 9.17) is 0 Å². The average molecular weight is 422 g/mol. The van der Waals surface area contributed by atoms with Crippen molar-refractivity contribution >= 4 is 45.0 Å². The Labute approximate surface area is 175 Å². The minimum absolute atomic E-state index is 0. The van der Waals surface area contributed by atoms with Gasteiger partial charge < -0.3 is 4.90 Å². The summed E-state index contributed by atoms with van der Waals surface area (Å²) in [6, 6.07) is 11.0. The molecule has 0 fully saturated rings. The maximum atomic E-state index is 14.1. The van der Waals surface area contributed by atoms with Gasteiger partial charge in [-0.25, -0.2) is 9.37 Å². The number of aryl methyl sites for hydroxylation is 2. The van der Waals surface area contributed by atoms with Crippen molar-refractivity contribution < 1.29 is 9.18 Å². The number of likely N-dealkylation sites (N-methyl/N-ethyl adjacent to an activating group) is 1. The first kappa shape index (κ1) is 22.3. The molecule has 1 aromatic heterocycles. The molecular formula is C21H25ClFN3OS. The lowest BCUT2D eigenvalue weighted by atomic mass is 10.0. The van der Waals surface area contributed by atoms with Crippen molar-refractivity contribution in [2.75, 3.05) is 32.1 Å². The van der Waals surface area contributed by atoms with Gasteiger partial charge >= 0.3 is 0 Å². The van der Waals surface area contributed by atoms with E-state index < -0.39 is 0 Å². The van der Waals surface area contributed by atoms with Crippen LogP contribution in [0.15, 0.2) is 36.4 Å². The highest BCUT2D eigenvalue weighted by Gasteiger charge is 2.21. The van der Waals surface area contributed by atoms with E-state index in [0.717, 1.165) is 21.4 Å². The SMILES string of the molecule is Cc1ccc(C)c(CC(=O)N(CCN(C)C)c2nc3c(F)cccc3s2)c1.Cl. The summed E-state index contributed by atoms with van der Waals surface area (Å²) in [5.41, 5.74) is 3.57. The number of nitrogens with zero attached hydrogens (tertiary/aromatic N) is 3. The topological polar surface area (TPSA) is 36.4 Å². The first-order valence-corrected chi connectivity index (χ1v) is 9.73. The third-order valence-corrected chi connectivity index (χ3v) is 5.55. The number of carbonyl (C=O) groups is 1. The number of rotatable bonds is 6. The Morgan fingerprint density at radius 1 is 1.14 bits per heavy atom. The van der Waals surface area contributed by atoms with E-state index in [1.807, 2.05) is 51.0 Å². The highest BCUT2D eigenvalue weighted by molar-refractivity contribution is 7.22. The minimum atomic E-state index is -0.357. The van der Waals surface area contributed by atoms with Gasteiger partial charge in [0.15, 0.2) is 5.13 Å². The van der Waals surface area contributed by atoms with Crippen molar-refractivity contribution in [1.29, 1.82) is 0 Å². The van der Waals surface area contributed by atoms with Crippen LogP contribution in [0.2, 0.25) is 0 Å². The summed E-state index contributed by atoms with van der Waals surface area (Å²) in [6.45, 7) is 5.25. The predicted octanol–water partition coefficient (Wildman–Crippen LogP) is 4.61. The van der Waals surface area contributed by atoms with Gasteiger partial charge in [0.1, 0.15) is 11.3 Å². The van der Waals surface area contributed by atoms with E-state index in [1.165, 1.54) is 17.4 Å². The molecule has 0 saturated heterocycles. The molecule has 0 unspecified atom stereocenters. The van der Waals surface area contributed by atoms with Crippen LogP contribution < -0.4 is 4.90 Å². The van der Waals surface area contributed by atoms with Gasteiger partial charge in [-0.1, -0.05) is 41.2 Å². The van der Waals surface area contributed by atoms with Crippen LogP contribution in [0.4, 0.5) is 9.52 Å². The molecular weight excluding hydrogens is 397 g/mol. The quantitative estimate of drug-likeness (QED) is 0.583. The van der Waals surface area contributed by atoms with Crippen LogP contribution in [-0.4, -0.2) is 43.0 Å². The van der Waals surface area contributed by atoms with Crippen LogP contribution in [0.3, 0.4) is 0 Å². The third kappa shape index (κ3) is 5.07. The van der Waals surface area contributed by atoms with Crippen molar-refractivity contribution in [2.24, 2.45) is 0 Å². The Bertz CT molecular complexity index is 973. The second kappa shape index (κ2) is 9.45. The lowest BCUT2D eigenvalue weighted by molar-refractivity contribution is -0.118. The van der Waals surface area contributed by atoms with Gasteiger partial charge in [0, 0.05) is 13.1 Å². The van der Waals surface area contributed by atoms with Gasteiger partial charge in [-0.05, 0) is 51.2 Å². The van der Waals surface area contributed by atoms with Crippen molar-refractivity contribution in [1.82, 2.24) is 9.88 Å². The van der Waals surface area contributed by atoms with Gasteiger partial charge in [-0.15, -0.1) is 12.4 Å². The van der Waals surface area contributed by atoms with E-state index in [2.05, 4.69) is 11.1 Å². The Balaban J connectivity index is 0.00000280. The van der Waals surface area contributed by atoms with E-state index in [0.29, 0.717) is 30.2 Å². The van der Waals surface area contributed by atoms with E-state index in [1.54, 1.807) is 11.0 Å². The molecule has 1 amide bonds. The number of para-hydroxylation sites is 1. The smallest absolute Gasteiger partial charge is 0.233 e. The molecule has 150 valence electrons. The molecule has 3 rings (SSSR count). The number of halogens is 2. The zero-order valence-corrected chi connectivity index (χ0v) is 18.2. The average Bonchev–Trinajstić information content (AvgIpc) is 3.03. The molecule has 0 saturated carbocycles. The number of amides is 1. The lowest BCUT2D eigenvalue weighted by Crippen LogP contribution is -2.37. The third-order valence-electron chi connectivity index (χ3n) is 4.51. The van der Waals surface area contributed by atoms with Gasteiger partial charge in [0.2, 0.25) is 5.91 Å². The Morgan fingerprint density at radius 2 is 1.89 bits per heavy atom. The number of aromatic nitrogens is 1. The molecule has 7 heteroatoms. The predicted molar refractivity (Wildman–Crippen MR) is 117 cm³/mol. The zero-order valence-electron chi connectivity index (χ0n) is 16.5. The highest BCUT2D eigenvalue weighted by Crippen LogP contribution is 2.30. The molecule has 0 atom stereocenters. The summed E-state index contributed by atoms with van der Waals surface area (Å²) >= 11 is 1.35. The summed E-state index contributed by atoms with van der Waals surface area (Å²) in [6.07, 6.45) is 0.305. The molecule has 0 N–H and O–H groups in total. The van der Waals surface area contributed by atoms with Crippen LogP contribution in [0.25, 0.3) is 10.2 Å².